The fraction of sp³-hybridized carbons (Fsp3) is 0.364. The van der Waals surface area contributed by atoms with Crippen LogP contribution < -0.4 is 0 Å². The van der Waals surface area contributed by atoms with E-state index in [1.165, 1.54) is 0 Å². The van der Waals surface area contributed by atoms with Gasteiger partial charge in [0.15, 0.2) is 0 Å². The molecule has 1 aliphatic rings. The molecule has 0 spiro atoms. The van der Waals surface area contributed by atoms with Gasteiger partial charge in [-0.1, -0.05) is 12.1 Å². The van der Waals surface area contributed by atoms with Crippen molar-refractivity contribution in [2.24, 2.45) is 0 Å². The fourth-order valence-corrected chi connectivity index (χ4v) is 1.45. The number of halogens is 1. The van der Waals surface area contributed by atoms with Crippen molar-refractivity contribution in [1.29, 1.82) is 0 Å². The molecule has 0 heterocycles. The van der Waals surface area contributed by atoms with Crippen LogP contribution in [0.2, 0.25) is 0 Å². The van der Waals surface area contributed by atoms with Crippen LogP contribution >= 0.6 is 0 Å². The normalized spacial score (nSPS) is 16.5. The molecule has 1 heteroatoms. The van der Waals surface area contributed by atoms with E-state index in [1.54, 1.807) is 6.07 Å². The first kappa shape index (κ1) is 7.78. The average molecular weight is 163 g/mol. The first-order valence-corrected chi connectivity index (χ1v) is 4.39. The standard InChI is InChI=1S/C11H12F/c1-2-8-3-6-10(9-4-5-9)11(12)7-8/h3,6-7,9H,1-2,4-5H2. The van der Waals surface area contributed by atoms with Crippen LogP contribution in [0.1, 0.15) is 29.9 Å². The van der Waals surface area contributed by atoms with Crippen molar-refractivity contribution in [3.63, 3.8) is 0 Å². The third-order valence-electron chi connectivity index (χ3n) is 2.37. The summed E-state index contributed by atoms with van der Waals surface area (Å²) in [6.45, 7) is 3.72. The number of benzene rings is 1. The number of rotatable bonds is 2. The molecule has 0 amide bonds. The second-order valence-electron chi connectivity index (χ2n) is 3.38. The highest BCUT2D eigenvalue weighted by atomic mass is 19.1. The maximum absolute atomic E-state index is 13.3. The van der Waals surface area contributed by atoms with Gasteiger partial charge in [-0.2, -0.15) is 0 Å². The molecule has 0 nitrogen and oxygen atoms in total. The molecule has 1 saturated carbocycles. The van der Waals surface area contributed by atoms with Gasteiger partial charge in [0.05, 0.1) is 0 Å². The van der Waals surface area contributed by atoms with E-state index in [0.29, 0.717) is 12.3 Å². The third-order valence-corrected chi connectivity index (χ3v) is 2.37. The van der Waals surface area contributed by atoms with Crippen molar-refractivity contribution in [3.8, 4) is 0 Å². The summed E-state index contributed by atoms with van der Waals surface area (Å²) in [6, 6.07) is 5.50. The van der Waals surface area contributed by atoms with Gasteiger partial charge in [-0.25, -0.2) is 4.39 Å². The Hall–Kier alpha value is -0.850. The van der Waals surface area contributed by atoms with Crippen LogP contribution in [-0.4, -0.2) is 0 Å². The lowest BCUT2D eigenvalue weighted by atomic mass is 10.1. The van der Waals surface area contributed by atoms with Gasteiger partial charge in [-0.05, 0) is 49.3 Å². The topological polar surface area (TPSA) is 0 Å². The number of hydrogen-bond acceptors (Lipinski definition) is 0. The molecule has 0 atom stereocenters. The zero-order valence-corrected chi connectivity index (χ0v) is 7.02. The van der Waals surface area contributed by atoms with Crippen LogP contribution in [0.3, 0.4) is 0 Å². The zero-order chi connectivity index (χ0) is 8.55. The first-order valence-electron chi connectivity index (χ1n) is 4.39. The maximum atomic E-state index is 13.3. The summed E-state index contributed by atoms with van der Waals surface area (Å²) in [4.78, 5) is 0. The summed E-state index contributed by atoms with van der Waals surface area (Å²) in [5.41, 5.74) is 1.88. The van der Waals surface area contributed by atoms with E-state index >= 15 is 0 Å². The molecule has 63 valence electrons. The highest BCUT2D eigenvalue weighted by Crippen LogP contribution is 2.41. The van der Waals surface area contributed by atoms with Crippen molar-refractivity contribution in [2.75, 3.05) is 0 Å². The number of hydrogen-bond donors (Lipinski definition) is 0. The molecule has 0 aromatic heterocycles. The molecule has 1 fully saturated rings. The zero-order valence-electron chi connectivity index (χ0n) is 7.02. The second kappa shape index (κ2) is 2.89. The second-order valence-corrected chi connectivity index (χ2v) is 3.38. The molecule has 0 aliphatic heterocycles. The molecular formula is C11H12F. The Labute approximate surface area is 72.4 Å². The minimum atomic E-state index is -0.0429. The molecule has 0 saturated heterocycles. The molecule has 0 bridgehead atoms. The van der Waals surface area contributed by atoms with Crippen molar-refractivity contribution in [1.82, 2.24) is 0 Å². The minimum Gasteiger partial charge on any atom is -0.207 e. The van der Waals surface area contributed by atoms with Gasteiger partial charge >= 0.3 is 0 Å². The summed E-state index contributed by atoms with van der Waals surface area (Å²) in [7, 11) is 0. The summed E-state index contributed by atoms with van der Waals surface area (Å²) >= 11 is 0. The van der Waals surface area contributed by atoms with Gasteiger partial charge in [0.1, 0.15) is 5.82 Å². The van der Waals surface area contributed by atoms with Gasteiger partial charge in [0.2, 0.25) is 0 Å². The lowest BCUT2D eigenvalue weighted by Crippen LogP contribution is -1.89. The summed E-state index contributed by atoms with van der Waals surface area (Å²) in [6.07, 6.45) is 2.98. The highest BCUT2D eigenvalue weighted by molar-refractivity contribution is 5.30. The Morgan fingerprint density at radius 3 is 2.67 bits per heavy atom. The smallest absolute Gasteiger partial charge is 0.126 e. The van der Waals surface area contributed by atoms with Crippen LogP contribution in [0.5, 0.6) is 0 Å². The lowest BCUT2D eigenvalue weighted by molar-refractivity contribution is 0.609. The van der Waals surface area contributed by atoms with Crippen LogP contribution in [0.25, 0.3) is 0 Å². The van der Waals surface area contributed by atoms with E-state index < -0.39 is 0 Å². The summed E-state index contributed by atoms with van der Waals surface area (Å²) < 4.78 is 13.3. The van der Waals surface area contributed by atoms with E-state index in [9.17, 15) is 4.39 Å². The summed E-state index contributed by atoms with van der Waals surface area (Å²) in [5, 5.41) is 0. The molecule has 12 heavy (non-hydrogen) atoms. The summed E-state index contributed by atoms with van der Waals surface area (Å²) in [5.74, 6) is 0.461. The molecule has 1 aromatic rings. The van der Waals surface area contributed by atoms with E-state index in [2.05, 4.69) is 6.92 Å². The predicted molar refractivity (Wildman–Crippen MR) is 47.4 cm³/mol. The van der Waals surface area contributed by atoms with Gasteiger partial charge in [-0.15, -0.1) is 0 Å². The Balaban J connectivity index is 2.32. The van der Waals surface area contributed by atoms with E-state index in [0.717, 1.165) is 24.0 Å². The van der Waals surface area contributed by atoms with Crippen LogP contribution in [-0.2, 0) is 6.42 Å². The molecule has 1 aliphatic carbocycles. The monoisotopic (exact) mass is 163 g/mol. The Morgan fingerprint density at radius 2 is 2.17 bits per heavy atom. The Morgan fingerprint density at radius 1 is 1.42 bits per heavy atom. The van der Waals surface area contributed by atoms with E-state index in [4.69, 9.17) is 0 Å². The molecule has 0 unspecified atom stereocenters. The van der Waals surface area contributed by atoms with Gasteiger partial charge < -0.3 is 0 Å². The van der Waals surface area contributed by atoms with Crippen LogP contribution in [0, 0.1) is 12.7 Å². The molecule has 1 aromatic carbocycles. The lowest BCUT2D eigenvalue weighted by Gasteiger charge is -2.02. The van der Waals surface area contributed by atoms with Gasteiger partial charge in [-0.3, -0.25) is 0 Å². The van der Waals surface area contributed by atoms with E-state index in [1.807, 2.05) is 12.1 Å². The molecular weight excluding hydrogens is 151 g/mol. The van der Waals surface area contributed by atoms with Crippen molar-refractivity contribution in [3.05, 3.63) is 42.1 Å². The highest BCUT2D eigenvalue weighted by Gasteiger charge is 2.26. The van der Waals surface area contributed by atoms with Crippen molar-refractivity contribution in [2.45, 2.75) is 25.2 Å². The quantitative estimate of drug-likeness (QED) is 0.628. The van der Waals surface area contributed by atoms with Gasteiger partial charge in [0.25, 0.3) is 0 Å². The SMILES string of the molecule is [CH2]Cc1ccc(C2CC2)c(F)c1. The molecule has 2 rings (SSSR count). The minimum absolute atomic E-state index is 0.0429. The third kappa shape index (κ3) is 1.36. The van der Waals surface area contributed by atoms with E-state index in [-0.39, 0.29) is 5.82 Å². The predicted octanol–water partition coefficient (Wildman–Crippen LogP) is 3.08. The van der Waals surface area contributed by atoms with Crippen molar-refractivity contribution < 1.29 is 4.39 Å². The molecule has 1 radical (unpaired) electrons. The largest absolute Gasteiger partial charge is 0.207 e. The first-order chi connectivity index (χ1) is 5.81. The maximum Gasteiger partial charge on any atom is 0.126 e. The van der Waals surface area contributed by atoms with Crippen molar-refractivity contribution >= 4 is 0 Å². The van der Waals surface area contributed by atoms with Gasteiger partial charge in [0, 0.05) is 0 Å². The van der Waals surface area contributed by atoms with Crippen LogP contribution in [0.15, 0.2) is 18.2 Å². The van der Waals surface area contributed by atoms with Crippen LogP contribution in [0.4, 0.5) is 4.39 Å². The average Bonchev–Trinajstić information content (AvgIpc) is 2.87. The fourth-order valence-electron chi connectivity index (χ4n) is 1.45. The Kier molecular flexibility index (Phi) is 1.87. The Bertz CT molecular complexity index is 287. The molecule has 0 N–H and O–H groups in total.